The second-order valence-corrected chi connectivity index (χ2v) is 9.55. The number of unbranched alkanes of at least 4 members (excludes halogenated alkanes) is 3. The Morgan fingerprint density at radius 3 is 1.42 bits per heavy atom. The number of hydrogen-bond donors (Lipinski definition) is 0. The highest BCUT2D eigenvalue weighted by molar-refractivity contribution is 6.73. The Morgan fingerprint density at radius 1 is 0.789 bits per heavy atom. The van der Waals surface area contributed by atoms with Gasteiger partial charge in [-0.25, -0.2) is 0 Å². The van der Waals surface area contributed by atoms with Crippen LogP contribution in [0, 0.1) is 0 Å². The molecular weight excluding hydrogens is 269 g/mol. The Bertz CT molecular complexity index is 197. The predicted molar refractivity (Wildman–Crippen MR) is 76.9 cm³/mol. The predicted octanol–water partition coefficient (Wildman–Crippen LogP) is 5.91. The molecular formula is C14H29F3OSi. The van der Waals surface area contributed by atoms with Crippen molar-refractivity contribution in [2.24, 2.45) is 0 Å². The minimum atomic E-state index is -4.19. The molecule has 0 saturated heterocycles. The van der Waals surface area contributed by atoms with Crippen LogP contribution in [0.2, 0.25) is 18.1 Å². The zero-order valence-corrected chi connectivity index (χ0v) is 13.6. The summed E-state index contributed by atoms with van der Waals surface area (Å²) in [4.78, 5) is 0. The van der Waals surface area contributed by atoms with Crippen molar-refractivity contribution in [2.75, 3.05) is 6.61 Å². The van der Waals surface area contributed by atoms with E-state index in [1.165, 1.54) is 0 Å². The maximum absolute atomic E-state index is 12.4. The van der Waals surface area contributed by atoms with Crippen molar-refractivity contribution in [1.82, 2.24) is 0 Å². The van der Waals surface area contributed by atoms with Gasteiger partial charge >= 0.3 is 6.18 Å². The number of halogens is 3. The second-order valence-electron chi connectivity index (χ2n) is 5.40. The molecule has 0 bridgehead atoms. The van der Waals surface area contributed by atoms with Crippen molar-refractivity contribution in [3.05, 3.63) is 0 Å². The van der Waals surface area contributed by atoms with E-state index in [9.17, 15) is 13.2 Å². The monoisotopic (exact) mass is 298 g/mol. The van der Waals surface area contributed by atoms with E-state index in [2.05, 4.69) is 20.8 Å². The first-order valence-corrected chi connectivity index (χ1v) is 10.1. The van der Waals surface area contributed by atoms with Gasteiger partial charge in [0.25, 0.3) is 0 Å². The Kier molecular flexibility index (Phi) is 9.79. The molecule has 0 unspecified atom stereocenters. The van der Waals surface area contributed by atoms with Crippen molar-refractivity contribution in [3.8, 4) is 0 Å². The zero-order valence-electron chi connectivity index (χ0n) is 12.6. The molecule has 0 amide bonds. The molecule has 0 rings (SSSR count). The standard InChI is InChI=1S/C14H29F3OSi/c1-4-7-10-19(11-8-5-2,12-9-6-3)18-13-14(15,16)17/h4-13H2,1-3H3. The van der Waals surface area contributed by atoms with Gasteiger partial charge in [-0.05, 0) is 18.1 Å². The van der Waals surface area contributed by atoms with Gasteiger partial charge in [0.2, 0.25) is 0 Å². The molecule has 0 heterocycles. The molecule has 116 valence electrons. The third kappa shape index (κ3) is 9.49. The largest absolute Gasteiger partial charge is 0.410 e. The number of rotatable bonds is 11. The molecule has 0 fully saturated rings. The first-order valence-electron chi connectivity index (χ1n) is 7.60. The molecule has 19 heavy (non-hydrogen) atoms. The summed E-state index contributed by atoms with van der Waals surface area (Å²) < 4.78 is 42.9. The number of hydrogen-bond acceptors (Lipinski definition) is 1. The fraction of sp³-hybridized carbons (Fsp3) is 1.00. The van der Waals surface area contributed by atoms with Crippen LogP contribution in [-0.2, 0) is 4.43 Å². The van der Waals surface area contributed by atoms with E-state index in [-0.39, 0.29) is 0 Å². The molecule has 5 heteroatoms. The molecule has 0 spiro atoms. The summed E-state index contributed by atoms with van der Waals surface area (Å²) in [5.74, 6) is 0. The summed E-state index contributed by atoms with van der Waals surface area (Å²) in [6.45, 7) is 5.21. The van der Waals surface area contributed by atoms with Crippen LogP contribution < -0.4 is 0 Å². The molecule has 0 radical (unpaired) electrons. The second kappa shape index (κ2) is 9.81. The fourth-order valence-electron chi connectivity index (χ4n) is 2.32. The number of alkyl halides is 3. The van der Waals surface area contributed by atoms with E-state index in [1.807, 2.05) is 0 Å². The van der Waals surface area contributed by atoms with E-state index in [0.717, 1.165) is 56.7 Å². The maximum atomic E-state index is 12.4. The topological polar surface area (TPSA) is 9.23 Å². The van der Waals surface area contributed by atoms with Crippen LogP contribution >= 0.6 is 0 Å². The van der Waals surface area contributed by atoms with Crippen LogP contribution in [0.15, 0.2) is 0 Å². The average Bonchev–Trinajstić information content (AvgIpc) is 2.36. The van der Waals surface area contributed by atoms with Crippen molar-refractivity contribution >= 4 is 8.32 Å². The molecule has 0 aliphatic heterocycles. The lowest BCUT2D eigenvalue weighted by molar-refractivity contribution is -0.156. The lowest BCUT2D eigenvalue weighted by Gasteiger charge is -2.32. The van der Waals surface area contributed by atoms with Gasteiger partial charge in [-0.2, -0.15) is 13.2 Å². The highest BCUT2D eigenvalue weighted by Gasteiger charge is 2.38. The summed E-state index contributed by atoms with van der Waals surface area (Å²) in [5.41, 5.74) is 0. The summed E-state index contributed by atoms with van der Waals surface area (Å²) in [6, 6.07) is 2.67. The first kappa shape index (κ1) is 19.0. The molecule has 1 nitrogen and oxygen atoms in total. The van der Waals surface area contributed by atoms with E-state index in [4.69, 9.17) is 4.43 Å². The van der Waals surface area contributed by atoms with Crippen LogP contribution in [0.25, 0.3) is 0 Å². The summed E-state index contributed by atoms with van der Waals surface area (Å²) in [7, 11) is -2.19. The van der Waals surface area contributed by atoms with Crippen molar-refractivity contribution in [2.45, 2.75) is 83.6 Å². The minimum absolute atomic E-state index is 0.888. The quantitative estimate of drug-likeness (QED) is 0.431. The molecule has 0 aliphatic carbocycles. The smallest absolute Gasteiger partial charge is 0.408 e. The molecule has 0 aromatic carbocycles. The van der Waals surface area contributed by atoms with Crippen LogP contribution in [0.4, 0.5) is 13.2 Å². The fourth-order valence-corrected chi connectivity index (χ4v) is 6.97. The molecule has 0 atom stereocenters. The van der Waals surface area contributed by atoms with Gasteiger partial charge < -0.3 is 4.43 Å². The Hall–Kier alpha value is -0.0331. The molecule has 0 saturated carbocycles. The first-order chi connectivity index (χ1) is 8.89. The van der Waals surface area contributed by atoms with Gasteiger partial charge in [0.05, 0.1) is 0 Å². The minimum Gasteiger partial charge on any atom is -0.408 e. The Balaban J connectivity index is 4.66. The van der Waals surface area contributed by atoms with E-state index >= 15 is 0 Å². The SMILES string of the molecule is CCCC[Si](CCCC)(CCCC)OCC(F)(F)F. The van der Waals surface area contributed by atoms with Crippen LogP contribution in [0.1, 0.15) is 59.3 Å². The summed E-state index contributed by atoms with van der Waals surface area (Å²) in [6.07, 6.45) is 1.89. The molecule has 0 N–H and O–H groups in total. The van der Waals surface area contributed by atoms with Gasteiger partial charge in [-0.15, -0.1) is 0 Å². The molecule has 0 aromatic rings. The van der Waals surface area contributed by atoms with Gasteiger partial charge in [0, 0.05) is 0 Å². The Labute approximate surface area is 117 Å². The highest BCUT2D eigenvalue weighted by atomic mass is 28.4. The lowest BCUT2D eigenvalue weighted by atomic mass is 10.4. The highest BCUT2D eigenvalue weighted by Crippen LogP contribution is 2.31. The average molecular weight is 298 g/mol. The van der Waals surface area contributed by atoms with Crippen LogP contribution in [0.3, 0.4) is 0 Å². The van der Waals surface area contributed by atoms with Gasteiger partial charge in [0.15, 0.2) is 8.32 Å². The molecule has 0 aliphatic rings. The van der Waals surface area contributed by atoms with Crippen LogP contribution in [0.5, 0.6) is 0 Å². The summed E-state index contributed by atoms with van der Waals surface area (Å²) in [5, 5.41) is 0. The Morgan fingerprint density at radius 2 is 1.16 bits per heavy atom. The van der Waals surface area contributed by atoms with Gasteiger partial charge in [0.1, 0.15) is 6.61 Å². The van der Waals surface area contributed by atoms with E-state index < -0.39 is 21.1 Å². The summed E-state index contributed by atoms with van der Waals surface area (Å²) >= 11 is 0. The van der Waals surface area contributed by atoms with E-state index in [0.29, 0.717) is 0 Å². The third-order valence-electron chi connectivity index (χ3n) is 3.50. The van der Waals surface area contributed by atoms with E-state index in [1.54, 1.807) is 0 Å². The van der Waals surface area contributed by atoms with Crippen LogP contribution in [-0.4, -0.2) is 21.1 Å². The normalized spacial score (nSPS) is 12.9. The van der Waals surface area contributed by atoms with Gasteiger partial charge in [-0.1, -0.05) is 59.3 Å². The zero-order chi connectivity index (χ0) is 14.8. The molecule has 0 aromatic heterocycles. The third-order valence-corrected chi connectivity index (χ3v) is 8.05. The van der Waals surface area contributed by atoms with Crippen molar-refractivity contribution < 1.29 is 17.6 Å². The maximum Gasteiger partial charge on any atom is 0.410 e. The van der Waals surface area contributed by atoms with Crippen molar-refractivity contribution in [1.29, 1.82) is 0 Å². The van der Waals surface area contributed by atoms with Gasteiger partial charge in [-0.3, -0.25) is 0 Å². The van der Waals surface area contributed by atoms with Crippen molar-refractivity contribution in [3.63, 3.8) is 0 Å². The lowest BCUT2D eigenvalue weighted by Crippen LogP contribution is -2.41.